The molecular weight excluding hydrogens is 637 g/mol. The van der Waals surface area contributed by atoms with Crippen LogP contribution >= 0.6 is 0 Å². The van der Waals surface area contributed by atoms with Gasteiger partial charge in [0.15, 0.2) is 17.5 Å². The van der Waals surface area contributed by atoms with Crippen LogP contribution in [-0.2, 0) is 5.41 Å². The highest BCUT2D eigenvalue weighted by Crippen LogP contribution is 2.64. The van der Waals surface area contributed by atoms with Crippen LogP contribution in [0.2, 0.25) is 0 Å². The Kier molecular flexibility index (Phi) is 6.84. The van der Waals surface area contributed by atoms with Crippen molar-refractivity contribution in [3.05, 3.63) is 191 Å². The molecule has 1 unspecified atom stereocenters. The van der Waals surface area contributed by atoms with E-state index in [1.807, 2.05) is 84.9 Å². The zero-order valence-electron chi connectivity index (χ0n) is 28.1. The van der Waals surface area contributed by atoms with Crippen molar-refractivity contribution in [1.29, 1.82) is 5.26 Å². The van der Waals surface area contributed by atoms with E-state index in [4.69, 9.17) is 19.7 Å². The quantitative estimate of drug-likeness (QED) is 0.187. The molecule has 52 heavy (non-hydrogen) atoms. The number of benzene rings is 6. The van der Waals surface area contributed by atoms with Gasteiger partial charge in [-0.1, -0.05) is 146 Å². The summed E-state index contributed by atoms with van der Waals surface area (Å²) in [5.74, 6) is 3.20. The van der Waals surface area contributed by atoms with Crippen LogP contribution in [0.1, 0.15) is 40.7 Å². The Bertz CT molecular complexity index is 2610. The molecule has 1 aromatic heterocycles. The lowest BCUT2D eigenvalue weighted by molar-refractivity contribution is 0.432. The lowest BCUT2D eigenvalue weighted by atomic mass is 9.63. The van der Waals surface area contributed by atoms with Crippen molar-refractivity contribution in [3.8, 4) is 62.9 Å². The summed E-state index contributed by atoms with van der Waals surface area (Å²) in [5, 5.41) is 10.4. The molecule has 5 nitrogen and oxygen atoms in total. The van der Waals surface area contributed by atoms with E-state index in [0.717, 1.165) is 57.5 Å². The fraction of sp³-hybridized carbons (Fsp3) is 0.0638. The molecule has 10 rings (SSSR count). The zero-order chi connectivity index (χ0) is 34.6. The maximum atomic E-state index is 10.4. The normalized spacial score (nSPS) is 16.4. The van der Waals surface area contributed by atoms with Gasteiger partial charge in [-0.25, -0.2) is 15.0 Å². The van der Waals surface area contributed by atoms with Crippen LogP contribution in [0.5, 0.6) is 11.5 Å². The molecule has 1 spiro atoms. The van der Waals surface area contributed by atoms with E-state index in [1.54, 1.807) is 0 Å². The number of aromatic nitrogens is 3. The first-order chi connectivity index (χ1) is 25.7. The van der Waals surface area contributed by atoms with Gasteiger partial charge in [0, 0.05) is 33.4 Å². The van der Waals surface area contributed by atoms with Crippen LogP contribution in [0.25, 0.3) is 50.9 Å². The van der Waals surface area contributed by atoms with Crippen LogP contribution in [0.3, 0.4) is 0 Å². The number of ether oxygens (including phenoxy) is 1. The van der Waals surface area contributed by atoms with Gasteiger partial charge in [-0.3, -0.25) is 0 Å². The van der Waals surface area contributed by atoms with Crippen LogP contribution < -0.4 is 4.74 Å². The van der Waals surface area contributed by atoms with Crippen LogP contribution in [0, 0.1) is 11.3 Å². The smallest absolute Gasteiger partial charge is 0.164 e. The molecule has 5 heteroatoms. The molecule has 0 bridgehead atoms. The second-order valence-corrected chi connectivity index (χ2v) is 13.3. The molecule has 3 aliphatic rings. The minimum Gasteiger partial charge on any atom is -0.455 e. The van der Waals surface area contributed by atoms with Crippen molar-refractivity contribution in [2.45, 2.75) is 18.3 Å². The molecule has 1 atom stereocenters. The predicted octanol–water partition coefficient (Wildman–Crippen LogP) is 11.0. The van der Waals surface area contributed by atoms with Crippen LogP contribution in [0.15, 0.2) is 163 Å². The van der Waals surface area contributed by atoms with E-state index in [2.05, 4.69) is 78.9 Å². The Labute approximate surface area is 301 Å². The Morgan fingerprint density at radius 2 is 1.10 bits per heavy atom. The lowest BCUT2D eigenvalue weighted by Gasteiger charge is -2.42. The van der Waals surface area contributed by atoms with E-state index in [0.29, 0.717) is 28.8 Å². The number of nitriles is 1. The molecule has 2 heterocycles. The molecule has 0 radical (unpaired) electrons. The Hall–Kier alpha value is -6.90. The zero-order valence-corrected chi connectivity index (χ0v) is 28.1. The van der Waals surface area contributed by atoms with Gasteiger partial charge in [0.1, 0.15) is 17.6 Å². The Morgan fingerprint density at radius 3 is 1.83 bits per heavy atom. The summed E-state index contributed by atoms with van der Waals surface area (Å²) >= 11 is 0. The van der Waals surface area contributed by atoms with Gasteiger partial charge in [-0.2, -0.15) is 5.26 Å². The summed E-state index contributed by atoms with van der Waals surface area (Å²) in [5.41, 5.74) is 11.7. The van der Waals surface area contributed by atoms with E-state index in [9.17, 15) is 5.26 Å². The summed E-state index contributed by atoms with van der Waals surface area (Å²) in [7, 11) is 0. The van der Waals surface area contributed by atoms with Crippen molar-refractivity contribution in [3.63, 3.8) is 0 Å². The summed E-state index contributed by atoms with van der Waals surface area (Å²) < 4.78 is 6.96. The van der Waals surface area contributed by atoms with Gasteiger partial charge in [0.25, 0.3) is 0 Å². The maximum Gasteiger partial charge on any atom is 0.164 e. The Balaban J connectivity index is 1.19. The number of rotatable bonds is 4. The van der Waals surface area contributed by atoms with Gasteiger partial charge in [-0.15, -0.1) is 0 Å². The van der Waals surface area contributed by atoms with E-state index in [1.165, 1.54) is 22.3 Å². The highest BCUT2D eigenvalue weighted by atomic mass is 16.5. The molecule has 1 aliphatic heterocycles. The van der Waals surface area contributed by atoms with Crippen molar-refractivity contribution in [2.75, 3.05) is 0 Å². The third-order valence-electron chi connectivity index (χ3n) is 10.5. The number of para-hydroxylation sites is 2. The van der Waals surface area contributed by atoms with Gasteiger partial charge in [-0.05, 0) is 52.8 Å². The second kappa shape index (κ2) is 11.9. The van der Waals surface area contributed by atoms with E-state index < -0.39 is 5.41 Å². The first-order valence-electron chi connectivity index (χ1n) is 17.6. The summed E-state index contributed by atoms with van der Waals surface area (Å²) in [6.07, 6.45) is 6.44. The fourth-order valence-corrected chi connectivity index (χ4v) is 8.34. The summed E-state index contributed by atoms with van der Waals surface area (Å²) in [4.78, 5) is 14.9. The number of hydrogen-bond donors (Lipinski definition) is 0. The number of fused-ring (bicyclic) bond motifs is 8. The van der Waals surface area contributed by atoms with Crippen LogP contribution in [-0.4, -0.2) is 15.0 Å². The minimum absolute atomic E-state index is 0.524. The molecule has 2 aliphatic carbocycles. The van der Waals surface area contributed by atoms with Gasteiger partial charge < -0.3 is 4.74 Å². The molecule has 244 valence electrons. The number of hydrogen-bond acceptors (Lipinski definition) is 5. The first kappa shape index (κ1) is 30.0. The molecule has 6 aromatic carbocycles. The predicted molar refractivity (Wildman–Crippen MR) is 204 cm³/mol. The topological polar surface area (TPSA) is 71.7 Å². The SMILES string of the molecule is N#Cc1cccc2c1Oc1c(-c3cccc(-c4nc(-c5ccccc5)nc(-c5ccccc5)n4)c3)cccc1C21C2=C(C=CCC2)c2ccccc21. The third-order valence-corrected chi connectivity index (χ3v) is 10.5. The average molecular weight is 667 g/mol. The molecule has 0 N–H and O–H groups in total. The molecule has 0 saturated carbocycles. The number of allylic oxidation sites excluding steroid dienone is 4. The van der Waals surface area contributed by atoms with Crippen molar-refractivity contribution in [1.82, 2.24) is 15.0 Å². The van der Waals surface area contributed by atoms with Crippen LogP contribution in [0.4, 0.5) is 0 Å². The monoisotopic (exact) mass is 666 g/mol. The average Bonchev–Trinajstić information content (AvgIpc) is 3.52. The highest BCUT2D eigenvalue weighted by molar-refractivity contribution is 5.94. The summed E-state index contributed by atoms with van der Waals surface area (Å²) in [6.45, 7) is 0. The largest absolute Gasteiger partial charge is 0.455 e. The molecule has 0 amide bonds. The van der Waals surface area contributed by atoms with Crippen molar-refractivity contribution >= 4 is 5.57 Å². The van der Waals surface area contributed by atoms with E-state index in [-0.39, 0.29) is 0 Å². The van der Waals surface area contributed by atoms with Gasteiger partial charge in [0.2, 0.25) is 0 Å². The molecular formula is C47H30N4O. The number of nitrogens with zero attached hydrogens (tertiary/aromatic N) is 4. The van der Waals surface area contributed by atoms with E-state index >= 15 is 0 Å². The summed E-state index contributed by atoms with van der Waals surface area (Å²) in [6, 6.07) is 52.0. The Morgan fingerprint density at radius 1 is 0.538 bits per heavy atom. The minimum atomic E-state index is -0.594. The lowest BCUT2D eigenvalue weighted by Crippen LogP contribution is -2.34. The third kappa shape index (κ3) is 4.44. The fourth-order valence-electron chi connectivity index (χ4n) is 8.34. The molecule has 0 saturated heterocycles. The highest BCUT2D eigenvalue weighted by Gasteiger charge is 2.52. The molecule has 7 aromatic rings. The van der Waals surface area contributed by atoms with Gasteiger partial charge >= 0.3 is 0 Å². The first-order valence-corrected chi connectivity index (χ1v) is 17.6. The van der Waals surface area contributed by atoms with Gasteiger partial charge in [0.05, 0.1) is 11.0 Å². The van der Waals surface area contributed by atoms with Crippen molar-refractivity contribution < 1.29 is 4.74 Å². The standard InChI is InChI=1S/C47H30N4O/c48-29-34-20-12-26-40-42(34)52-43-35(23-13-27-41(43)47(40)38-24-9-7-21-36(38)37-22-8-10-25-39(37)47)32-18-11-19-33(28-32)46-50-44(30-14-3-1-4-15-30)49-45(51-46)31-16-5-2-6-17-31/h1-9,11-24,26-28H,10,25H2. The van der Waals surface area contributed by atoms with Crippen molar-refractivity contribution in [2.24, 2.45) is 0 Å². The second-order valence-electron chi connectivity index (χ2n) is 13.3. The molecule has 0 fully saturated rings. The maximum absolute atomic E-state index is 10.4.